The summed E-state index contributed by atoms with van der Waals surface area (Å²) in [6.45, 7) is 6.22. The SMILES string of the molecule is C=CCCCCOc1cccc(NC(=O)c2nc3cccnc3cc2C)c1. The first kappa shape index (κ1) is 18.6. The summed E-state index contributed by atoms with van der Waals surface area (Å²) in [7, 11) is 0. The summed E-state index contributed by atoms with van der Waals surface area (Å²) in [6.07, 6.45) is 6.65. The lowest BCUT2D eigenvalue weighted by Gasteiger charge is -2.10. The fourth-order valence-corrected chi connectivity index (χ4v) is 2.76. The molecule has 27 heavy (non-hydrogen) atoms. The summed E-state index contributed by atoms with van der Waals surface area (Å²) in [5, 5.41) is 2.90. The van der Waals surface area contributed by atoms with Gasteiger partial charge in [-0.25, -0.2) is 4.98 Å². The number of allylic oxidation sites excluding steroid dienone is 1. The first-order valence-corrected chi connectivity index (χ1v) is 9.05. The summed E-state index contributed by atoms with van der Waals surface area (Å²) in [4.78, 5) is 21.4. The first-order chi connectivity index (χ1) is 13.2. The number of unbranched alkanes of at least 4 members (excludes halogenated alkanes) is 2. The molecular weight excluding hydrogens is 338 g/mol. The molecule has 2 heterocycles. The Kier molecular flexibility index (Phi) is 6.15. The number of benzene rings is 1. The smallest absolute Gasteiger partial charge is 0.274 e. The van der Waals surface area contributed by atoms with Crippen LogP contribution in [0.2, 0.25) is 0 Å². The predicted octanol–water partition coefficient (Wildman–Crippen LogP) is 4.93. The molecule has 3 aromatic rings. The van der Waals surface area contributed by atoms with Gasteiger partial charge in [-0.15, -0.1) is 6.58 Å². The normalized spacial score (nSPS) is 10.6. The number of aromatic nitrogens is 2. The third kappa shape index (κ3) is 4.91. The Morgan fingerprint density at radius 1 is 1.19 bits per heavy atom. The summed E-state index contributed by atoms with van der Waals surface area (Å²) in [5.41, 5.74) is 3.33. The van der Waals surface area contributed by atoms with Crippen molar-refractivity contribution in [2.24, 2.45) is 0 Å². The number of aryl methyl sites for hydroxylation is 1. The second kappa shape index (κ2) is 8.94. The van der Waals surface area contributed by atoms with Crippen LogP contribution in [0.1, 0.15) is 35.3 Å². The van der Waals surface area contributed by atoms with Crippen LogP contribution >= 0.6 is 0 Å². The maximum Gasteiger partial charge on any atom is 0.274 e. The molecule has 0 aliphatic heterocycles. The van der Waals surface area contributed by atoms with Crippen LogP contribution in [-0.4, -0.2) is 22.5 Å². The minimum atomic E-state index is -0.249. The molecule has 1 aromatic carbocycles. The molecule has 1 N–H and O–H groups in total. The van der Waals surface area contributed by atoms with E-state index in [1.165, 1.54) is 0 Å². The number of nitrogens with one attached hydrogen (secondary N) is 1. The highest BCUT2D eigenvalue weighted by Crippen LogP contribution is 2.20. The average molecular weight is 361 g/mol. The molecule has 0 radical (unpaired) electrons. The average Bonchev–Trinajstić information content (AvgIpc) is 2.67. The maximum atomic E-state index is 12.7. The topological polar surface area (TPSA) is 64.1 Å². The van der Waals surface area contributed by atoms with E-state index in [0.717, 1.165) is 36.1 Å². The van der Waals surface area contributed by atoms with Crippen LogP contribution < -0.4 is 10.1 Å². The molecule has 0 aliphatic carbocycles. The van der Waals surface area contributed by atoms with Crippen LogP contribution in [0.15, 0.2) is 61.3 Å². The van der Waals surface area contributed by atoms with E-state index >= 15 is 0 Å². The molecule has 0 unspecified atom stereocenters. The Morgan fingerprint density at radius 2 is 2.07 bits per heavy atom. The number of rotatable bonds is 8. The molecule has 3 rings (SSSR count). The van der Waals surface area contributed by atoms with Gasteiger partial charge in [0.2, 0.25) is 0 Å². The number of carbonyl (C=O) groups is 1. The van der Waals surface area contributed by atoms with Gasteiger partial charge in [0.1, 0.15) is 11.4 Å². The van der Waals surface area contributed by atoms with Crippen molar-refractivity contribution in [3.8, 4) is 5.75 Å². The van der Waals surface area contributed by atoms with E-state index < -0.39 is 0 Å². The van der Waals surface area contributed by atoms with E-state index in [9.17, 15) is 4.79 Å². The Balaban J connectivity index is 1.68. The van der Waals surface area contributed by atoms with Gasteiger partial charge in [-0.2, -0.15) is 0 Å². The monoisotopic (exact) mass is 361 g/mol. The summed E-state index contributed by atoms with van der Waals surface area (Å²) >= 11 is 0. The van der Waals surface area contributed by atoms with Crippen molar-refractivity contribution in [3.05, 3.63) is 72.6 Å². The van der Waals surface area contributed by atoms with E-state index in [1.807, 2.05) is 55.5 Å². The van der Waals surface area contributed by atoms with Crippen molar-refractivity contribution in [3.63, 3.8) is 0 Å². The lowest BCUT2D eigenvalue weighted by atomic mass is 10.1. The lowest BCUT2D eigenvalue weighted by Crippen LogP contribution is -2.15. The van der Waals surface area contributed by atoms with Crippen molar-refractivity contribution in [1.82, 2.24) is 9.97 Å². The molecule has 0 aliphatic rings. The Bertz CT molecular complexity index is 953. The number of hydrogen-bond donors (Lipinski definition) is 1. The van der Waals surface area contributed by atoms with Gasteiger partial charge >= 0.3 is 0 Å². The number of nitrogens with zero attached hydrogens (tertiary/aromatic N) is 2. The Morgan fingerprint density at radius 3 is 2.93 bits per heavy atom. The molecule has 2 aromatic heterocycles. The number of carbonyl (C=O) groups excluding carboxylic acids is 1. The quantitative estimate of drug-likeness (QED) is 0.457. The molecule has 0 atom stereocenters. The Hall–Kier alpha value is -3.21. The van der Waals surface area contributed by atoms with E-state index in [-0.39, 0.29) is 5.91 Å². The first-order valence-electron chi connectivity index (χ1n) is 9.05. The Labute approximate surface area is 159 Å². The van der Waals surface area contributed by atoms with Gasteiger partial charge in [0, 0.05) is 18.0 Å². The number of amides is 1. The fourth-order valence-electron chi connectivity index (χ4n) is 2.76. The zero-order valence-corrected chi connectivity index (χ0v) is 15.4. The third-order valence-corrected chi connectivity index (χ3v) is 4.15. The number of pyridine rings is 2. The van der Waals surface area contributed by atoms with Crippen molar-refractivity contribution < 1.29 is 9.53 Å². The minimum Gasteiger partial charge on any atom is -0.494 e. The summed E-state index contributed by atoms with van der Waals surface area (Å²) in [5.74, 6) is 0.486. The van der Waals surface area contributed by atoms with Gasteiger partial charge in [-0.1, -0.05) is 12.1 Å². The number of hydrogen-bond acceptors (Lipinski definition) is 4. The van der Waals surface area contributed by atoms with Crippen LogP contribution in [0.5, 0.6) is 5.75 Å². The molecule has 5 nitrogen and oxygen atoms in total. The van der Waals surface area contributed by atoms with Crippen molar-refractivity contribution in [1.29, 1.82) is 0 Å². The van der Waals surface area contributed by atoms with E-state index in [1.54, 1.807) is 6.20 Å². The molecule has 0 saturated heterocycles. The predicted molar refractivity (Wildman–Crippen MR) is 108 cm³/mol. The van der Waals surface area contributed by atoms with Gasteiger partial charge in [-0.3, -0.25) is 9.78 Å². The molecular formula is C22H23N3O2. The van der Waals surface area contributed by atoms with E-state index in [2.05, 4.69) is 21.9 Å². The molecule has 0 spiro atoms. The summed E-state index contributed by atoms with van der Waals surface area (Å²) < 4.78 is 5.75. The van der Waals surface area contributed by atoms with Gasteiger partial charge in [0.25, 0.3) is 5.91 Å². The molecule has 138 valence electrons. The highest BCUT2D eigenvalue weighted by atomic mass is 16.5. The van der Waals surface area contributed by atoms with E-state index in [4.69, 9.17) is 4.74 Å². The lowest BCUT2D eigenvalue weighted by molar-refractivity contribution is 0.102. The standard InChI is InChI=1S/C22H23N3O2/c1-3-4-5-6-13-27-18-10-7-9-17(15-18)24-22(26)21-16(2)14-20-19(25-21)11-8-12-23-20/h3,7-12,14-15H,1,4-6,13H2,2H3,(H,24,26). The number of fused-ring (bicyclic) bond motifs is 1. The molecule has 0 bridgehead atoms. The third-order valence-electron chi connectivity index (χ3n) is 4.15. The molecule has 5 heteroatoms. The number of anilines is 1. The van der Waals surface area contributed by atoms with Crippen LogP contribution in [0.3, 0.4) is 0 Å². The second-order valence-corrected chi connectivity index (χ2v) is 6.31. The summed E-state index contributed by atoms with van der Waals surface area (Å²) in [6, 6.07) is 12.9. The van der Waals surface area contributed by atoms with E-state index in [0.29, 0.717) is 23.5 Å². The maximum absolute atomic E-state index is 12.7. The minimum absolute atomic E-state index is 0.249. The second-order valence-electron chi connectivity index (χ2n) is 6.31. The van der Waals surface area contributed by atoms with Crippen LogP contribution in [0, 0.1) is 6.92 Å². The highest BCUT2D eigenvalue weighted by Gasteiger charge is 2.13. The van der Waals surface area contributed by atoms with Crippen molar-refractivity contribution in [2.75, 3.05) is 11.9 Å². The molecule has 0 fully saturated rings. The van der Waals surface area contributed by atoms with Gasteiger partial charge in [0.05, 0.1) is 17.6 Å². The van der Waals surface area contributed by atoms with Gasteiger partial charge < -0.3 is 10.1 Å². The van der Waals surface area contributed by atoms with Crippen LogP contribution in [0.25, 0.3) is 11.0 Å². The van der Waals surface area contributed by atoms with Crippen molar-refractivity contribution in [2.45, 2.75) is 26.2 Å². The largest absolute Gasteiger partial charge is 0.494 e. The highest BCUT2D eigenvalue weighted by molar-refractivity contribution is 6.05. The van der Waals surface area contributed by atoms with Gasteiger partial charge in [-0.05, 0) is 62.1 Å². The van der Waals surface area contributed by atoms with Gasteiger partial charge in [0.15, 0.2) is 0 Å². The van der Waals surface area contributed by atoms with Crippen LogP contribution in [0.4, 0.5) is 5.69 Å². The fraction of sp³-hybridized carbons (Fsp3) is 0.227. The molecule has 0 saturated carbocycles. The molecule has 1 amide bonds. The zero-order valence-electron chi connectivity index (χ0n) is 15.4. The van der Waals surface area contributed by atoms with Crippen LogP contribution in [-0.2, 0) is 0 Å². The van der Waals surface area contributed by atoms with Crippen molar-refractivity contribution >= 4 is 22.6 Å². The zero-order chi connectivity index (χ0) is 19.1. The number of ether oxygens (including phenoxy) is 1.